The zero-order chi connectivity index (χ0) is 41.1. The lowest BCUT2D eigenvalue weighted by Crippen LogP contribution is -2.60. The van der Waals surface area contributed by atoms with Crippen LogP contribution < -0.4 is 0 Å². The van der Waals surface area contributed by atoms with Crippen molar-refractivity contribution >= 4 is 16.4 Å². The Balaban J connectivity index is 2.46. The highest BCUT2D eigenvalue weighted by atomic mass is 32.3. The van der Waals surface area contributed by atoms with Gasteiger partial charge in [0.15, 0.2) is 6.29 Å². The van der Waals surface area contributed by atoms with Gasteiger partial charge in [0, 0.05) is 13.0 Å². The van der Waals surface area contributed by atoms with E-state index >= 15 is 0 Å². The average Bonchev–Trinajstić information content (AvgIpc) is 3.17. The van der Waals surface area contributed by atoms with Gasteiger partial charge in [-0.25, -0.2) is 4.18 Å². The normalized spacial score (nSPS) is 21.3. The summed E-state index contributed by atoms with van der Waals surface area (Å²) in [7, 11) is -5.06. The zero-order valence-corrected chi connectivity index (χ0v) is 35.2. The second kappa shape index (κ2) is 35.0. The van der Waals surface area contributed by atoms with Crippen molar-refractivity contribution in [3.63, 3.8) is 0 Å². The molecule has 13 heteroatoms. The minimum Gasteiger partial charge on any atom is -0.457 e. The van der Waals surface area contributed by atoms with Crippen LogP contribution in [0.2, 0.25) is 0 Å². The first-order chi connectivity index (χ1) is 27.1. The van der Waals surface area contributed by atoms with Gasteiger partial charge in [0.2, 0.25) is 0 Å². The van der Waals surface area contributed by atoms with E-state index in [4.69, 9.17) is 23.5 Å². The van der Waals surface area contributed by atoms with Crippen LogP contribution in [0.1, 0.15) is 155 Å². The number of unbranched alkanes of at least 4 members (excludes halogenated alkanes) is 15. The summed E-state index contributed by atoms with van der Waals surface area (Å²) in [6.07, 6.45) is 31.4. The molecule has 0 radical (unpaired) electrons. The minimum atomic E-state index is -5.06. The van der Waals surface area contributed by atoms with Gasteiger partial charge in [-0.15, -0.1) is 0 Å². The lowest BCUT2D eigenvalue weighted by Gasteiger charge is -2.41. The van der Waals surface area contributed by atoms with Gasteiger partial charge in [-0.1, -0.05) is 133 Å². The van der Waals surface area contributed by atoms with Crippen molar-refractivity contribution in [3.8, 4) is 0 Å². The molecule has 0 saturated carbocycles. The Morgan fingerprint density at radius 2 is 1.23 bits per heavy atom. The van der Waals surface area contributed by atoms with E-state index in [1.54, 1.807) is 0 Å². The van der Waals surface area contributed by atoms with Crippen molar-refractivity contribution in [1.29, 1.82) is 0 Å². The van der Waals surface area contributed by atoms with Gasteiger partial charge in [-0.3, -0.25) is 9.35 Å². The summed E-state index contributed by atoms with van der Waals surface area (Å²) in [4.78, 5) is 12.8. The average molecular weight is 817 g/mol. The molecule has 1 heterocycles. The minimum absolute atomic E-state index is 0.0262. The van der Waals surface area contributed by atoms with Gasteiger partial charge < -0.3 is 34.3 Å². The highest BCUT2D eigenvalue weighted by Gasteiger charge is 2.48. The Morgan fingerprint density at radius 3 is 1.82 bits per heavy atom. The molecular weight excluding hydrogens is 741 g/mol. The van der Waals surface area contributed by atoms with Crippen molar-refractivity contribution < 1.29 is 56.2 Å². The molecule has 0 aromatic carbocycles. The number of ether oxygens (including phenoxy) is 4. The fourth-order valence-corrected chi connectivity index (χ4v) is 6.70. The second-order valence-electron chi connectivity index (χ2n) is 14.5. The number of rotatable bonds is 36. The third-order valence-corrected chi connectivity index (χ3v) is 9.90. The molecule has 1 rings (SSSR count). The number of aliphatic hydroxyl groups is 3. The second-order valence-corrected chi connectivity index (χ2v) is 15.6. The lowest BCUT2D eigenvalue weighted by atomic mass is 9.99. The SMILES string of the molecule is CC/C=C\C/C=C\C/C=C\CCCCCCCCCC(=O)OC(COCCCCCCCC/C=C\CCCC)COC1OC(CO)C(O)C(OS(=O)(=O)O)C1O. The standard InChI is InChI=1S/C43H76O12S/c1-3-5-7-9-11-13-15-17-18-19-20-21-22-24-26-28-30-32-39(45)53-37(35-51-33-31-29-27-25-23-16-14-12-10-8-6-4-2)36-52-43-41(47)42(55-56(48,49)50)40(46)38(34-44)54-43/h5,7,10-13,17-18,37-38,40-44,46-47H,3-4,6,8-9,14-16,19-36H2,1-2H3,(H,48,49,50)/b7-5-,12-10-,13-11-,18-17-. The fourth-order valence-electron chi connectivity index (χ4n) is 6.20. The predicted octanol–water partition coefficient (Wildman–Crippen LogP) is 8.41. The van der Waals surface area contributed by atoms with Gasteiger partial charge in [0.1, 0.15) is 30.5 Å². The summed E-state index contributed by atoms with van der Waals surface area (Å²) in [5.74, 6) is -0.414. The molecule has 0 aliphatic carbocycles. The summed E-state index contributed by atoms with van der Waals surface area (Å²) in [5.41, 5.74) is 0. The quantitative estimate of drug-likeness (QED) is 0.0206. The molecule has 56 heavy (non-hydrogen) atoms. The van der Waals surface area contributed by atoms with E-state index in [-0.39, 0.29) is 19.6 Å². The predicted molar refractivity (Wildman–Crippen MR) is 220 cm³/mol. The van der Waals surface area contributed by atoms with Crippen molar-refractivity contribution in [2.45, 2.75) is 192 Å². The summed E-state index contributed by atoms with van der Waals surface area (Å²) in [5, 5.41) is 30.6. The number of carbonyl (C=O) groups excluding carboxylic acids is 1. The molecule has 1 aliphatic heterocycles. The Hall–Kier alpha value is -1.94. The molecule has 0 aromatic rings. The van der Waals surface area contributed by atoms with Crippen LogP contribution >= 0.6 is 0 Å². The van der Waals surface area contributed by atoms with Gasteiger partial charge in [0.25, 0.3) is 0 Å². The first kappa shape index (κ1) is 52.1. The molecule has 1 saturated heterocycles. The number of aliphatic hydroxyl groups excluding tert-OH is 3. The number of hydrogen-bond acceptors (Lipinski definition) is 11. The summed E-state index contributed by atoms with van der Waals surface area (Å²) in [6.45, 7) is 3.80. The highest BCUT2D eigenvalue weighted by molar-refractivity contribution is 7.80. The van der Waals surface area contributed by atoms with E-state index in [9.17, 15) is 28.5 Å². The molecule has 326 valence electrons. The zero-order valence-electron chi connectivity index (χ0n) is 34.4. The molecule has 0 amide bonds. The van der Waals surface area contributed by atoms with E-state index in [0.29, 0.717) is 13.0 Å². The van der Waals surface area contributed by atoms with Gasteiger partial charge in [0.05, 0.1) is 19.8 Å². The number of esters is 1. The van der Waals surface area contributed by atoms with E-state index in [1.807, 2.05) is 0 Å². The van der Waals surface area contributed by atoms with Gasteiger partial charge >= 0.3 is 16.4 Å². The summed E-state index contributed by atoms with van der Waals surface area (Å²) >= 11 is 0. The third-order valence-electron chi connectivity index (χ3n) is 9.43. The van der Waals surface area contributed by atoms with Crippen LogP contribution in [0.3, 0.4) is 0 Å². The highest BCUT2D eigenvalue weighted by Crippen LogP contribution is 2.26. The maximum Gasteiger partial charge on any atom is 0.397 e. The van der Waals surface area contributed by atoms with Crippen LogP contribution in [0.25, 0.3) is 0 Å². The fraction of sp³-hybridized carbons (Fsp3) is 0.791. The van der Waals surface area contributed by atoms with Crippen LogP contribution in [-0.2, 0) is 38.3 Å². The Bertz CT molecular complexity index is 1170. The van der Waals surface area contributed by atoms with E-state index < -0.39 is 59.8 Å². The molecule has 12 nitrogen and oxygen atoms in total. The lowest BCUT2D eigenvalue weighted by molar-refractivity contribution is -0.301. The van der Waals surface area contributed by atoms with Gasteiger partial charge in [-0.2, -0.15) is 8.42 Å². The molecule has 0 aromatic heterocycles. The number of allylic oxidation sites excluding steroid dienone is 8. The Kier molecular flexibility index (Phi) is 32.6. The van der Waals surface area contributed by atoms with E-state index in [1.165, 1.54) is 44.9 Å². The van der Waals surface area contributed by atoms with Crippen LogP contribution in [0.4, 0.5) is 0 Å². The topological polar surface area (TPSA) is 178 Å². The van der Waals surface area contributed by atoms with Crippen molar-refractivity contribution in [2.24, 2.45) is 0 Å². The maximum atomic E-state index is 12.8. The van der Waals surface area contributed by atoms with Gasteiger partial charge in [-0.05, 0) is 64.2 Å². The van der Waals surface area contributed by atoms with E-state index in [0.717, 1.165) is 83.5 Å². The molecular formula is C43H76O12S. The largest absolute Gasteiger partial charge is 0.457 e. The monoisotopic (exact) mass is 817 g/mol. The maximum absolute atomic E-state index is 12.8. The number of carbonyl (C=O) groups is 1. The summed E-state index contributed by atoms with van der Waals surface area (Å²) in [6, 6.07) is 0. The smallest absolute Gasteiger partial charge is 0.397 e. The van der Waals surface area contributed by atoms with E-state index in [2.05, 4.69) is 66.6 Å². The van der Waals surface area contributed by atoms with Crippen LogP contribution in [0, 0.1) is 0 Å². The van der Waals surface area contributed by atoms with Crippen LogP contribution in [-0.4, -0.2) is 97.5 Å². The first-order valence-electron chi connectivity index (χ1n) is 21.4. The molecule has 6 unspecified atom stereocenters. The molecule has 1 aliphatic rings. The molecule has 1 fully saturated rings. The number of hydrogen-bond donors (Lipinski definition) is 4. The Morgan fingerprint density at radius 1 is 0.696 bits per heavy atom. The summed E-state index contributed by atoms with van der Waals surface area (Å²) < 4.78 is 58.9. The van der Waals surface area contributed by atoms with Crippen molar-refractivity contribution in [2.75, 3.05) is 26.4 Å². The molecule has 4 N–H and O–H groups in total. The molecule has 0 spiro atoms. The van der Waals surface area contributed by atoms with Crippen LogP contribution in [0.15, 0.2) is 48.6 Å². The van der Waals surface area contributed by atoms with Crippen molar-refractivity contribution in [3.05, 3.63) is 48.6 Å². The molecule has 0 bridgehead atoms. The molecule has 6 atom stereocenters. The van der Waals surface area contributed by atoms with Crippen molar-refractivity contribution in [1.82, 2.24) is 0 Å². The van der Waals surface area contributed by atoms with Crippen LogP contribution in [0.5, 0.6) is 0 Å². The Labute approximate surface area is 338 Å². The third kappa shape index (κ3) is 28.5. The first-order valence-corrected chi connectivity index (χ1v) is 22.8.